The summed E-state index contributed by atoms with van der Waals surface area (Å²) in [5.41, 5.74) is 0. The number of aliphatic carboxylic acids is 1. The molecule has 2 rings (SSSR count). The molecule has 2 fully saturated rings. The van der Waals surface area contributed by atoms with E-state index in [2.05, 4.69) is 17.3 Å². The quantitative estimate of drug-likeness (QED) is 0.700. The van der Waals surface area contributed by atoms with Crippen LogP contribution in [-0.4, -0.2) is 47.6 Å². The van der Waals surface area contributed by atoms with E-state index in [1.807, 2.05) is 0 Å². The Hall–Kier alpha value is -1.10. The van der Waals surface area contributed by atoms with Gasteiger partial charge in [0.1, 0.15) is 6.42 Å². The topological polar surface area (TPSA) is 69.6 Å². The van der Waals surface area contributed by atoms with E-state index < -0.39 is 12.4 Å². The van der Waals surface area contributed by atoms with Crippen LogP contribution in [0.3, 0.4) is 0 Å². The predicted molar refractivity (Wildman–Crippen MR) is 62.6 cm³/mol. The number of hydrogen-bond donors (Lipinski definition) is 2. The van der Waals surface area contributed by atoms with Gasteiger partial charge in [-0.25, -0.2) is 0 Å². The van der Waals surface area contributed by atoms with Gasteiger partial charge in [-0.15, -0.1) is 0 Å². The van der Waals surface area contributed by atoms with Gasteiger partial charge in [-0.05, 0) is 38.6 Å². The van der Waals surface area contributed by atoms with Gasteiger partial charge in [0.05, 0.1) is 0 Å². The lowest BCUT2D eigenvalue weighted by molar-refractivity contribution is -0.140. The Kier molecular flexibility index (Phi) is 3.66. The lowest BCUT2D eigenvalue weighted by Gasteiger charge is -2.36. The smallest absolute Gasteiger partial charge is 0.312 e. The number of piperidine rings is 1. The van der Waals surface area contributed by atoms with Crippen molar-refractivity contribution in [3.05, 3.63) is 0 Å². The molecule has 2 unspecified atom stereocenters. The summed E-state index contributed by atoms with van der Waals surface area (Å²) in [5.74, 6) is -0.920. The fourth-order valence-corrected chi connectivity index (χ4v) is 3.15. The number of nitrogens with zero attached hydrogens (tertiary/aromatic N) is 1. The van der Waals surface area contributed by atoms with E-state index in [9.17, 15) is 9.59 Å². The van der Waals surface area contributed by atoms with Crippen molar-refractivity contribution in [2.24, 2.45) is 5.92 Å². The summed E-state index contributed by atoms with van der Waals surface area (Å²) >= 11 is 0. The molecule has 5 heteroatoms. The number of carboxylic acid groups (broad SMARTS) is 1. The number of fused-ring (bicyclic) bond motifs is 2. The largest absolute Gasteiger partial charge is 0.481 e. The SMILES string of the molecule is CN1C2CCC1CC(CNC(=O)CC(=O)O)C2. The minimum Gasteiger partial charge on any atom is -0.481 e. The summed E-state index contributed by atoms with van der Waals surface area (Å²) in [5, 5.41) is 11.2. The fourth-order valence-electron chi connectivity index (χ4n) is 3.15. The summed E-state index contributed by atoms with van der Waals surface area (Å²) in [4.78, 5) is 24.0. The summed E-state index contributed by atoms with van der Waals surface area (Å²) in [6.07, 6.45) is 4.36. The van der Waals surface area contributed by atoms with Crippen LogP contribution < -0.4 is 5.32 Å². The maximum absolute atomic E-state index is 11.2. The first-order valence-corrected chi connectivity index (χ1v) is 6.26. The van der Waals surface area contributed by atoms with E-state index >= 15 is 0 Å². The summed E-state index contributed by atoms with van der Waals surface area (Å²) in [7, 11) is 2.18. The third-order valence-electron chi connectivity index (χ3n) is 4.10. The molecule has 2 saturated heterocycles. The van der Waals surface area contributed by atoms with E-state index in [4.69, 9.17) is 5.11 Å². The molecule has 0 aromatic heterocycles. The van der Waals surface area contributed by atoms with Crippen LogP contribution in [0.5, 0.6) is 0 Å². The lowest BCUT2D eigenvalue weighted by Crippen LogP contribution is -2.43. The number of hydrogen-bond acceptors (Lipinski definition) is 3. The standard InChI is InChI=1S/C12H20N2O3/c1-14-9-2-3-10(14)5-8(4-9)7-13-11(15)6-12(16)17/h8-10H,2-7H2,1H3,(H,13,15)(H,16,17). The highest BCUT2D eigenvalue weighted by atomic mass is 16.4. The third kappa shape index (κ3) is 2.97. The molecule has 1 amide bonds. The van der Waals surface area contributed by atoms with Crippen LogP contribution in [-0.2, 0) is 9.59 Å². The van der Waals surface area contributed by atoms with Crippen molar-refractivity contribution in [1.29, 1.82) is 0 Å². The monoisotopic (exact) mass is 240 g/mol. The first-order chi connectivity index (χ1) is 8.06. The summed E-state index contributed by atoms with van der Waals surface area (Å²) in [6, 6.07) is 1.32. The molecule has 2 atom stereocenters. The van der Waals surface area contributed by atoms with E-state index in [0.717, 1.165) is 12.8 Å². The Morgan fingerprint density at radius 1 is 1.29 bits per heavy atom. The van der Waals surface area contributed by atoms with Gasteiger partial charge in [-0.1, -0.05) is 0 Å². The van der Waals surface area contributed by atoms with Crippen LogP contribution >= 0.6 is 0 Å². The van der Waals surface area contributed by atoms with Crippen molar-refractivity contribution in [2.75, 3.05) is 13.6 Å². The Morgan fingerprint density at radius 2 is 1.88 bits per heavy atom. The molecule has 0 aliphatic carbocycles. The number of carboxylic acids is 1. The minimum atomic E-state index is -1.06. The Bertz CT molecular complexity index is 305. The molecule has 17 heavy (non-hydrogen) atoms. The van der Waals surface area contributed by atoms with Crippen molar-refractivity contribution in [2.45, 2.75) is 44.2 Å². The van der Waals surface area contributed by atoms with Gasteiger partial charge < -0.3 is 15.3 Å². The van der Waals surface area contributed by atoms with Crippen molar-refractivity contribution < 1.29 is 14.7 Å². The van der Waals surface area contributed by atoms with Gasteiger partial charge in [-0.3, -0.25) is 9.59 Å². The zero-order valence-corrected chi connectivity index (χ0v) is 10.2. The highest BCUT2D eigenvalue weighted by molar-refractivity contribution is 5.93. The second-order valence-corrected chi connectivity index (χ2v) is 5.26. The van der Waals surface area contributed by atoms with E-state index in [0.29, 0.717) is 24.5 Å². The van der Waals surface area contributed by atoms with Crippen molar-refractivity contribution in [3.63, 3.8) is 0 Å². The number of amides is 1. The van der Waals surface area contributed by atoms with E-state index in [-0.39, 0.29) is 5.91 Å². The van der Waals surface area contributed by atoms with Crippen LogP contribution in [0, 0.1) is 5.92 Å². The first kappa shape index (κ1) is 12.4. The van der Waals surface area contributed by atoms with Crippen LogP contribution in [0.25, 0.3) is 0 Å². The van der Waals surface area contributed by atoms with Gasteiger partial charge in [0, 0.05) is 18.6 Å². The van der Waals surface area contributed by atoms with Gasteiger partial charge in [0.2, 0.25) is 5.91 Å². The Labute approximate surface area is 101 Å². The molecular weight excluding hydrogens is 220 g/mol. The number of rotatable bonds is 4. The molecule has 0 aromatic carbocycles. The predicted octanol–water partition coefficient (Wildman–Crippen LogP) is 0.450. The minimum absolute atomic E-state index is 0.372. The van der Waals surface area contributed by atoms with E-state index in [1.54, 1.807) is 0 Å². The molecule has 5 nitrogen and oxygen atoms in total. The summed E-state index contributed by atoms with van der Waals surface area (Å²) < 4.78 is 0. The molecule has 0 aromatic rings. The van der Waals surface area contributed by atoms with Crippen molar-refractivity contribution >= 4 is 11.9 Å². The number of carbonyl (C=O) groups is 2. The van der Waals surface area contributed by atoms with Crippen molar-refractivity contribution in [1.82, 2.24) is 10.2 Å². The molecule has 2 heterocycles. The van der Waals surface area contributed by atoms with Crippen LogP contribution in [0.1, 0.15) is 32.1 Å². The van der Waals surface area contributed by atoms with E-state index in [1.165, 1.54) is 12.8 Å². The average Bonchev–Trinajstić information content (AvgIpc) is 2.51. The fraction of sp³-hybridized carbons (Fsp3) is 0.833. The molecule has 2 aliphatic rings. The van der Waals surface area contributed by atoms with Crippen LogP contribution in [0.4, 0.5) is 0 Å². The zero-order chi connectivity index (χ0) is 12.4. The average molecular weight is 240 g/mol. The third-order valence-corrected chi connectivity index (χ3v) is 4.10. The van der Waals surface area contributed by atoms with Crippen LogP contribution in [0.2, 0.25) is 0 Å². The molecule has 0 spiro atoms. The van der Waals surface area contributed by atoms with Crippen molar-refractivity contribution in [3.8, 4) is 0 Å². The summed E-state index contributed by atoms with van der Waals surface area (Å²) in [6.45, 7) is 0.632. The number of nitrogens with one attached hydrogen (secondary N) is 1. The maximum Gasteiger partial charge on any atom is 0.312 e. The molecule has 0 saturated carbocycles. The Balaban J connectivity index is 1.74. The van der Waals surface area contributed by atoms with Gasteiger partial charge in [0.25, 0.3) is 0 Å². The molecule has 96 valence electrons. The highest BCUT2D eigenvalue weighted by Crippen LogP contribution is 2.36. The second kappa shape index (κ2) is 5.04. The van der Waals surface area contributed by atoms with Gasteiger partial charge in [-0.2, -0.15) is 0 Å². The molecule has 2 aliphatic heterocycles. The molecule has 2 N–H and O–H groups in total. The number of carbonyl (C=O) groups excluding carboxylic acids is 1. The van der Waals surface area contributed by atoms with Crippen LogP contribution in [0.15, 0.2) is 0 Å². The van der Waals surface area contributed by atoms with Gasteiger partial charge >= 0.3 is 5.97 Å². The van der Waals surface area contributed by atoms with Gasteiger partial charge in [0.15, 0.2) is 0 Å². The molecule has 2 bridgehead atoms. The zero-order valence-electron chi connectivity index (χ0n) is 10.2. The molecular formula is C12H20N2O3. The highest BCUT2D eigenvalue weighted by Gasteiger charge is 2.38. The second-order valence-electron chi connectivity index (χ2n) is 5.26. The maximum atomic E-state index is 11.2. The normalized spacial score (nSPS) is 32.4. The Morgan fingerprint density at radius 3 is 2.41 bits per heavy atom. The molecule has 0 radical (unpaired) electrons. The lowest BCUT2D eigenvalue weighted by atomic mass is 9.91. The first-order valence-electron chi connectivity index (χ1n) is 6.26.